The number of thiophene rings is 1. The number of likely N-dealkylation sites (N-methyl/N-ethyl adjacent to an activating group) is 1. The molecular weight excluding hydrogens is 382 g/mol. The van der Waals surface area contributed by atoms with Crippen molar-refractivity contribution in [2.45, 2.75) is 19.1 Å². The van der Waals surface area contributed by atoms with Crippen molar-refractivity contribution in [1.82, 2.24) is 14.7 Å². The van der Waals surface area contributed by atoms with Gasteiger partial charge in [-0.1, -0.05) is 18.2 Å². The second kappa shape index (κ2) is 7.89. The van der Waals surface area contributed by atoms with Gasteiger partial charge in [-0.25, -0.2) is 4.79 Å². The Balaban J connectivity index is 1.31. The van der Waals surface area contributed by atoms with E-state index in [9.17, 15) is 9.59 Å². The van der Waals surface area contributed by atoms with E-state index in [2.05, 4.69) is 5.10 Å². The molecule has 28 heavy (non-hydrogen) atoms. The molecule has 1 amide bonds. The van der Waals surface area contributed by atoms with Crippen molar-refractivity contribution in [3.8, 4) is 22.3 Å². The normalized spacial score (nSPS) is 15.4. The van der Waals surface area contributed by atoms with Gasteiger partial charge in [-0.15, -0.1) is 16.4 Å². The van der Waals surface area contributed by atoms with E-state index in [0.717, 1.165) is 4.88 Å². The second-order valence-electron chi connectivity index (χ2n) is 6.40. The summed E-state index contributed by atoms with van der Waals surface area (Å²) >= 11 is 1.43. The summed E-state index contributed by atoms with van der Waals surface area (Å²) in [5.41, 5.74) is 0. The number of aryl methyl sites for hydroxylation is 1. The Morgan fingerprint density at radius 3 is 2.89 bits per heavy atom. The highest BCUT2D eigenvalue weighted by atomic mass is 32.1. The molecule has 3 aromatic rings. The van der Waals surface area contributed by atoms with Crippen LogP contribution in [0.3, 0.4) is 0 Å². The molecule has 0 radical (unpaired) electrons. The van der Waals surface area contributed by atoms with E-state index < -0.39 is 5.76 Å². The lowest BCUT2D eigenvalue weighted by atomic mass is 10.2. The Morgan fingerprint density at radius 2 is 2.11 bits per heavy atom. The monoisotopic (exact) mass is 401 g/mol. The van der Waals surface area contributed by atoms with Crippen LogP contribution in [0.25, 0.3) is 10.8 Å². The molecule has 1 aliphatic rings. The number of fused-ring (bicyclic) bond motifs is 1. The van der Waals surface area contributed by atoms with E-state index >= 15 is 0 Å². The number of aromatic nitrogens is 2. The van der Waals surface area contributed by atoms with Crippen LogP contribution in [-0.4, -0.2) is 46.9 Å². The van der Waals surface area contributed by atoms with Gasteiger partial charge in [0.05, 0.1) is 18.0 Å². The van der Waals surface area contributed by atoms with Crippen LogP contribution in [0.1, 0.15) is 6.42 Å². The Labute approximate surface area is 164 Å². The number of ether oxygens (including phenoxy) is 2. The molecule has 8 nitrogen and oxygen atoms in total. The van der Waals surface area contributed by atoms with Crippen LogP contribution in [-0.2, 0) is 11.3 Å². The summed E-state index contributed by atoms with van der Waals surface area (Å²) in [6, 6.07) is 11.1. The molecule has 0 saturated carbocycles. The zero-order valence-electron chi connectivity index (χ0n) is 15.2. The Bertz CT molecular complexity index is 1010. The highest BCUT2D eigenvalue weighted by Crippen LogP contribution is 2.31. The third kappa shape index (κ3) is 3.94. The van der Waals surface area contributed by atoms with Crippen molar-refractivity contribution < 1.29 is 18.7 Å². The molecule has 9 heteroatoms. The summed E-state index contributed by atoms with van der Waals surface area (Å²) in [5.74, 6) is 0.969. The lowest BCUT2D eigenvalue weighted by Crippen LogP contribution is -2.42. The van der Waals surface area contributed by atoms with E-state index in [1.807, 2.05) is 41.8 Å². The average Bonchev–Trinajstić information content (AvgIpc) is 3.36. The van der Waals surface area contributed by atoms with E-state index in [0.29, 0.717) is 24.7 Å². The molecule has 1 atom stereocenters. The average molecular weight is 401 g/mol. The minimum absolute atomic E-state index is 0.116. The van der Waals surface area contributed by atoms with Crippen molar-refractivity contribution >= 4 is 17.2 Å². The van der Waals surface area contributed by atoms with Crippen molar-refractivity contribution in [3.05, 3.63) is 52.3 Å². The lowest BCUT2D eigenvalue weighted by molar-refractivity contribution is -0.131. The van der Waals surface area contributed by atoms with Crippen LogP contribution in [0.5, 0.6) is 11.5 Å². The third-order valence-electron chi connectivity index (χ3n) is 4.35. The summed E-state index contributed by atoms with van der Waals surface area (Å²) in [7, 11) is 1.70. The van der Waals surface area contributed by atoms with Crippen molar-refractivity contribution in [1.29, 1.82) is 0 Å². The van der Waals surface area contributed by atoms with Gasteiger partial charge in [0.15, 0.2) is 17.6 Å². The fraction of sp³-hybridized carbons (Fsp3) is 0.316. The van der Waals surface area contributed by atoms with Crippen LogP contribution < -0.4 is 15.2 Å². The van der Waals surface area contributed by atoms with Gasteiger partial charge in [-0.3, -0.25) is 4.79 Å². The van der Waals surface area contributed by atoms with Crippen molar-refractivity contribution in [2.75, 3.05) is 20.2 Å². The molecule has 0 fully saturated rings. The van der Waals surface area contributed by atoms with Gasteiger partial charge >= 0.3 is 5.76 Å². The number of nitrogens with zero attached hydrogens (tertiary/aromatic N) is 3. The maximum Gasteiger partial charge on any atom is 0.437 e. The van der Waals surface area contributed by atoms with Gasteiger partial charge < -0.3 is 18.8 Å². The van der Waals surface area contributed by atoms with Gasteiger partial charge in [-0.2, -0.15) is 4.68 Å². The first-order valence-corrected chi connectivity index (χ1v) is 9.72. The van der Waals surface area contributed by atoms with E-state index in [1.165, 1.54) is 16.0 Å². The predicted octanol–water partition coefficient (Wildman–Crippen LogP) is 2.25. The molecule has 0 aliphatic carbocycles. The first-order valence-electron chi connectivity index (χ1n) is 8.84. The smallest absolute Gasteiger partial charge is 0.437 e. The number of carbonyl (C=O) groups excluding carboxylic acids is 1. The first-order chi connectivity index (χ1) is 13.6. The fourth-order valence-electron chi connectivity index (χ4n) is 2.90. The molecule has 3 heterocycles. The van der Waals surface area contributed by atoms with Crippen LogP contribution in [0.15, 0.2) is 51.0 Å². The number of amides is 1. The molecule has 146 valence electrons. The number of hydrogen-bond acceptors (Lipinski definition) is 7. The highest BCUT2D eigenvalue weighted by molar-refractivity contribution is 7.13. The van der Waals surface area contributed by atoms with E-state index in [-0.39, 0.29) is 30.9 Å². The number of carbonyl (C=O) groups is 1. The Hall–Kier alpha value is -3.07. The third-order valence-corrected chi connectivity index (χ3v) is 5.20. The van der Waals surface area contributed by atoms with E-state index in [1.54, 1.807) is 11.9 Å². The zero-order valence-corrected chi connectivity index (χ0v) is 16.1. The summed E-state index contributed by atoms with van der Waals surface area (Å²) < 4.78 is 17.9. The van der Waals surface area contributed by atoms with Crippen molar-refractivity contribution in [3.63, 3.8) is 0 Å². The van der Waals surface area contributed by atoms with Crippen LogP contribution >= 0.6 is 11.3 Å². The number of benzene rings is 1. The van der Waals surface area contributed by atoms with Gasteiger partial charge in [0.1, 0.15) is 6.61 Å². The largest absolute Gasteiger partial charge is 0.486 e. The van der Waals surface area contributed by atoms with Gasteiger partial charge in [0, 0.05) is 13.5 Å². The van der Waals surface area contributed by atoms with Gasteiger partial charge in [-0.05, 0) is 23.6 Å². The Kier molecular flexibility index (Phi) is 5.16. The summed E-state index contributed by atoms with van der Waals surface area (Å²) in [6.45, 7) is 0.921. The molecule has 1 aromatic carbocycles. The zero-order chi connectivity index (χ0) is 19.5. The summed E-state index contributed by atoms with van der Waals surface area (Å²) in [5, 5.41) is 6.03. The fourth-order valence-corrected chi connectivity index (χ4v) is 3.54. The number of hydrogen-bond donors (Lipinski definition) is 0. The predicted molar refractivity (Wildman–Crippen MR) is 103 cm³/mol. The highest BCUT2D eigenvalue weighted by Gasteiger charge is 2.24. The SMILES string of the molecule is CN(CC1COc2ccccc2O1)C(=O)CCn1nc(-c2cccs2)oc1=O. The maximum absolute atomic E-state index is 12.4. The number of para-hydroxylation sites is 2. The molecule has 0 spiro atoms. The first kappa shape index (κ1) is 18.3. The lowest BCUT2D eigenvalue weighted by Gasteiger charge is -2.29. The quantitative estimate of drug-likeness (QED) is 0.630. The molecule has 1 unspecified atom stereocenters. The Morgan fingerprint density at radius 1 is 1.29 bits per heavy atom. The minimum atomic E-state index is -0.570. The standard InChI is InChI=1S/C19H19N3O5S/c1-21(11-13-12-25-14-5-2-3-6-15(14)26-13)17(23)8-9-22-19(24)27-18(20-22)16-7-4-10-28-16/h2-7,10,13H,8-9,11-12H2,1H3. The number of rotatable bonds is 6. The van der Waals surface area contributed by atoms with Crippen LogP contribution in [0.4, 0.5) is 0 Å². The molecule has 4 rings (SSSR count). The topological polar surface area (TPSA) is 86.8 Å². The van der Waals surface area contributed by atoms with Gasteiger partial charge in [0.25, 0.3) is 5.89 Å². The summed E-state index contributed by atoms with van der Waals surface area (Å²) in [6.07, 6.45) is -0.110. The molecule has 0 saturated heterocycles. The van der Waals surface area contributed by atoms with E-state index in [4.69, 9.17) is 13.9 Å². The minimum Gasteiger partial charge on any atom is -0.486 e. The molecule has 0 bridgehead atoms. The van der Waals surface area contributed by atoms with Crippen LogP contribution in [0.2, 0.25) is 0 Å². The molecule has 0 N–H and O–H groups in total. The maximum atomic E-state index is 12.4. The second-order valence-corrected chi connectivity index (χ2v) is 7.34. The molecule has 2 aromatic heterocycles. The summed E-state index contributed by atoms with van der Waals surface area (Å²) in [4.78, 5) is 26.7. The molecule has 1 aliphatic heterocycles. The van der Waals surface area contributed by atoms with Gasteiger partial charge in [0.2, 0.25) is 5.91 Å². The molecular formula is C19H19N3O5S. The van der Waals surface area contributed by atoms with Crippen molar-refractivity contribution in [2.24, 2.45) is 0 Å². The van der Waals surface area contributed by atoms with Crippen LogP contribution in [0, 0.1) is 0 Å².